The second-order valence-electron chi connectivity index (χ2n) is 6.23. The molecule has 1 heterocycles. The summed E-state index contributed by atoms with van der Waals surface area (Å²) in [6, 6.07) is 12.7. The molecule has 1 aliphatic heterocycles. The van der Waals surface area contributed by atoms with Crippen LogP contribution in [0, 0.1) is 0 Å². The molecule has 0 aromatic heterocycles. The molecule has 5 heteroatoms. The summed E-state index contributed by atoms with van der Waals surface area (Å²) < 4.78 is 0. The fourth-order valence-corrected chi connectivity index (χ4v) is 3.23. The lowest BCUT2D eigenvalue weighted by Crippen LogP contribution is -2.43. The summed E-state index contributed by atoms with van der Waals surface area (Å²) in [4.78, 5) is 17.4. The predicted molar refractivity (Wildman–Crippen MR) is 99.1 cm³/mol. The van der Waals surface area contributed by atoms with Crippen molar-refractivity contribution >= 4 is 29.0 Å². The zero-order chi connectivity index (χ0) is 17.1. The van der Waals surface area contributed by atoms with E-state index < -0.39 is 0 Å². The number of halogens is 2. The van der Waals surface area contributed by atoms with Gasteiger partial charge in [0.15, 0.2) is 5.78 Å². The Balaban J connectivity index is 1.70. The largest absolute Gasteiger partial charge is 0.304 e. The van der Waals surface area contributed by atoms with Crippen molar-refractivity contribution in [2.75, 3.05) is 33.2 Å². The fourth-order valence-electron chi connectivity index (χ4n) is 2.85. The van der Waals surface area contributed by atoms with Gasteiger partial charge in [0.2, 0.25) is 0 Å². The monoisotopic (exact) mass is 362 g/mol. The predicted octanol–water partition coefficient (Wildman–Crippen LogP) is 3.97. The molecule has 3 nitrogen and oxygen atoms in total. The molecule has 0 spiro atoms. The minimum atomic E-state index is -0.103. The molecule has 3 rings (SSSR count). The summed E-state index contributed by atoms with van der Waals surface area (Å²) in [5, 5.41) is 0.931. The van der Waals surface area contributed by atoms with Gasteiger partial charge in [0.05, 0.1) is 5.02 Å². The summed E-state index contributed by atoms with van der Waals surface area (Å²) in [6.07, 6.45) is 0. The third-order valence-corrected chi connectivity index (χ3v) is 4.96. The Morgan fingerprint density at radius 1 is 1.00 bits per heavy atom. The number of piperazine rings is 1. The van der Waals surface area contributed by atoms with E-state index in [-0.39, 0.29) is 5.78 Å². The van der Waals surface area contributed by atoms with Gasteiger partial charge in [0.1, 0.15) is 0 Å². The Labute approximate surface area is 152 Å². The third kappa shape index (κ3) is 4.17. The van der Waals surface area contributed by atoms with Gasteiger partial charge in [-0.25, -0.2) is 0 Å². The van der Waals surface area contributed by atoms with Crippen LogP contribution in [0.15, 0.2) is 42.5 Å². The number of hydrogen-bond acceptors (Lipinski definition) is 3. The van der Waals surface area contributed by atoms with Gasteiger partial charge in [-0.1, -0.05) is 47.5 Å². The lowest BCUT2D eigenvalue weighted by Gasteiger charge is -2.32. The van der Waals surface area contributed by atoms with Gasteiger partial charge in [-0.3, -0.25) is 9.69 Å². The lowest BCUT2D eigenvalue weighted by molar-refractivity contribution is 0.103. The van der Waals surface area contributed by atoms with Crippen molar-refractivity contribution in [1.29, 1.82) is 0 Å². The van der Waals surface area contributed by atoms with Crippen LogP contribution in [0.5, 0.6) is 0 Å². The Hall–Kier alpha value is -1.39. The van der Waals surface area contributed by atoms with Crippen LogP contribution < -0.4 is 0 Å². The van der Waals surface area contributed by atoms with Crippen LogP contribution in [0.4, 0.5) is 0 Å². The molecule has 1 fully saturated rings. The van der Waals surface area contributed by atoms with Crippen LogP contribution in [0.1, 0.15) is 21.5 Å². The van der Waals surface area contributed by atoms with Crippen LogP contribution in [-0.2, 0) is 6.54 Å². The molecule has 0 N–H and O–H groups in total. The van der Waals surface area contributed by atoms with E-state index in [9.17, 15) is 4.79 Å². The number of ketones is 1. The van der Waals surface area contributed by atoms with E-state index in [1.807, 2.05) is 24.3 Å². The van der Waals surface area contributed by atoms with Crippen molar-refractivity contribution in [1.82, 2.24) is 9.80 Å². The number of rotatable bonds is 4. The van der Waals surface area contributed by atoms with Crippen molar-refractivity contribution in [2.45, 2.75) is 6.54 Å². The van der Waals surface area contributed by atoms with Crippen LogP contribution >= 0.6 is 23.2 Å². The summed E-state index contributed by atoms with van der Waals surface area (Å²) in [6.45, 7) is 5.28. The number of benzene rings is 2. The number of carbonyl (C=O) groups is 1. The maximum Gasteiger partial charge on any atom is 0.194 e. The van der Waals surface area contributed by atoms with Gasteiger partial charge in [0.25, 0.3) is 0 Å². The zero-order valence-electron chi connectivity index (χ0n) is 13.6. The summed E-state index contributed by atoms with van der Waals surface area (Å²) in [7, 11) is 2.15. The molecule has 0 atom stereocenters. The van der Waals surface area contributed by atoms with E-state index in [2.05, 4.69) is 16.8 Å². The molecular weight excluding hydrogens is 343 g/mol. The summed E-state index contributed by atoms with van der Waals surface area (Å²) in [5.74, 6) is -0.103. The molecule has 126 valence electrons. The lowest BCUT2D eigenvalue weighted by atomic mass is 10.0. The Bertz CT molecular complexity index is 723. The zero-order valence-corrected chi connectivity index (χ0v) is 15.1. The second kappa shape index (κ2) is 7.66. The summed E-state index contributed by atoms with van der Waals surface area (Å²) in [5.41, 5.74) is 2.28. The molecule has 1 saturated heterocycles. The topological polar surface area (TPSA) is 23.6 Å². The Morgan fingerprint density at radius 2 is 1.67 bits per heavy atom. The number of likely N-dealkylation sites (N-methyl/N-ethyl adjacent to an activating group) is 1. The highest BCUT2D eigenvalue weighted by Crippen LogP contribution is 2.23. The minimum absolute atomic E-state index is 0.103. The highest BCUT2D eigenvalue weighted by Gasteiger charge is 2.16. The van der Waals surface area contributed by atoms with Gasteiger partial charge >= 0.3 is 0 Å². The quantitative estimate of drug-likeness (QED) is 0.768. The maximum absolute atomic E-state index is 12.6. The van der Waals surface area contributed by atoms with E-state index in [0.717, 1.165) is 32.7 Å². The van der Waals surface area contributed by atoms with Gasteiger partial charge in [-0.15, -0.1) is 0 Å². The molecule has 0 unspecified atom stereocenters. The van der Waals surface area contributed by atoms with Crippen LogP contribution in [0.3, 0.4) is 0 Å². The van der Waals surface area contributed by atoms with E-state index in [4.69, 9.17) is 23.2 Å². The van der Waals surface area contributed by atoms with E-state index >= 15 is 0 Å². The fraction of sp³-hybridized carbons (Fsp3) is 0.316. The third-order valence-electron chi connectivity index (χ3n) is 4.39. The normalized spacial score (nSPS) is 16.3. The van der Waals surface area contributed by atoms with E-state index in [0.29, 0.717) is 21.2 Å². The average Bonchev–Trinajstić information content (AvgIpc) is 2.59. The molecule has 0 radical (unpaired) electrons. The highest BCUT2D eigenvalue weighted by molar-refractivity contribution is 6.36. The van der Waals surface area contributed by atoms with Gasteiger partial charge in [0, 0.05) is 48.9 Å². The Morgan fingerprint density at radius 3 is 2.33 bits per heavy atom. The van der Waals surface area contributed by atoms with Gasteiger partial charge < -0.3 is 4.90 Å². The maximum atomic E-state index is 12.6. The number of nitrogens with zero attached hydrogens (tertiary/aromatic N) is 2. The van der Waals surface area contributed by atoms with E-state index in [1.165, 1.54) is 5.56 Å². The second-order valence-corrected chi connectivity index (χ2v) is 7.07. The molecule has 0 saturated carbocycles. The molecule has 0 aliphatic carbocycles. The molecule has 1 aliphatic rings. The molecule has 2 aromatic carbocycles. The van der Waals surface area contributed by atoms with Crippen molar-refractivity contribution in [3.63, 3.8) is 0 Å². The van der Waals surface area contributed by atoms with Crippen molar-refractivity contribution in [3.8, 4) is 0 Å². The van der Waals surface area contributed by atoms with Crippen LogP contribution in [0.2, 0.25) is 10.0 Å². The Kier molecular flexibility index (Phi) is 5.57. The standard InChI is InChI=1S/C19H20Cl2N2O/c1-22-8-10-23(11-9-22)13-14-2-4-15(5-3-14)19(24)17-12-16(20)6-7-18(17)21/h2-7,12H,8-11,13H2,1H3. The molecule has 0 bridgehead atoms. The number of hydrogen-bond donors (Lipinski definition) is 0. The smallest absolute Gasteiger partial charge is 0.194 e. The first-order chi connectivity index (χ1) is 11.5. The first-order valence-corrected chi connectivity index (χ1v) is 8.78. The first-order valence-electron chi connectivity index (χ1n) is 8.02. The van der Waals surface area contributed by atoms with Crippen molar-refractivity contribution < 1.29 is 4.79 Å². The first kappa shape index (κ1) is 17.4. The molecule has 2 aromatic rings. The minimum Gasteiger partial charge on any atom is -0.304 e. The van der Waals surface area contributed by atoms with Crippen LogP contribution in [-0.4, -0.2) is 48.8 Å². The number of carbonyl (C=O) groups excluding carboxylic acids is 1. The van der Waals surface area contributed by atoms with Crippen LogP contribution in [0.25, 0.3) is 0 Å². The average molecular weight is 363 g/mol. The van der Waals surface area contributed by atoms with Gasteiger partial charge in [-0.05, 0) is 30.8 Å². The van der Waals surface area contributed by atoms with E-state index in [1.54, 1.807) is 18.2 Å². The SMILES string of the molecule is CN1CCN(Cc2ccc(C(=O)c3cc(Cl)ccc3Cl)cc2)CC1. The van der Waals surface area contributed by atoms with Gasteiger partial charge in [-0.2, -0.15) is 0 Å². The van der Waals surface area contributed by atoms with Crippen molar-refractivity contribution in [2.24, 2.45) is 0 Å². The van der Waals surface area contributed by atoms with Crippen molar-refractivity contribution in [3.05, 3.63) is 69.2 Å². The molecule has 0 amide bonds. The molecular formula is C19H20Cl2N2O. The highest BCUT2D eigenvalue weighted by atomic mass is 35.5. The summed E-state index contributed by atoms with van der Waals surface area (Å²) >= 11 is 12.1. The molecule has 24 heavy (non-hydrogen) atoms.